The zero-order chi connectivity index (χ0) is 16.3. The summed E-state index contributed by atoms with van der Waals surface area (Å²) >= 11 is 11.6. The highest BCUT2D eigenvalue weighted by Gasteiger charge is 2.21. The van der Waals surface area contributed by atoms with E-state index in [2.05, 4.69) is 5.32 Å². The summed E-state index contributed by atoms with van der Waals surface area (Å²) in [7, 11) is 1.43. The van der Waals surface area contributed by atoms with Crippen LogP contribution < -0.4 is 10.1 Å². The van der Waals surface area contributed by atoms with E-state index in [4.69, 9.17) is 27.9 Å². The summed E-state index contributed by atoms with van der Waals surface area (Å²) in [4.78, 5) is 22.6. The summed E-state index contributed by atoms with van der Waals surface area (Å²) in [5.74, 6) is -0.279. The van der Waals surface area contributed by atoms with E-state index in [0.29, 0.717) is 16.5 Å². The van der Waals surface area contributed by atoms with Gasteiger partial charge >= 0.3 is 0 Å². The van der Waals surface area contributed by atoms with Crippen LogP contribution in [0.2, 0.25) is 10.0 Å². The van der Waals surface area contributed by atoms with E-state index >= 15 is 0 Å². The second-order valence-electron chi connectivity index (χ2n) is 4.22. The lowest BCUT2D eigenvalue weighted by molar-refractivity contribution is -0.385. The summed E-state index contributed by atoms with van der Waals surface area (Å²) in [5.41, 5.74) is -0.188. The molecule has 0 atom stereocenters. The van der Waals surface area contributed by atoms with Gasteiger partial charge in [-0.3, -0.25) is 14.9 Å². The summed E-state index contributed by atoms with van der Waals surface area (Å²) < 4.78 is 5.11. The molecule has 0 spiro atoms. The van der Waals surface area contributed by atoms with Gasteiger partial charge in [-0.15, -0.1) is 0 Å². The Morgan fingerprint density at radius 2 is 1.82 bits per heavy atom. The zero-order valence-corrected chi connectivity index (χ0v) is 12.8. The number of nitrogens with one attached hydrogen (secondary N) is 1. The predicted octanol–water partition coefficient (Wildman–Crippen LogP) is 4.16. The van der Waals surface area contributed by atoms with Crippen molar-refractivity contribution >= 4 is 40.5 Å². The highest BCUT2D eigenvalue weighted by Crippen LogP contribution is 2.29. The van der Waals surface area contributed by atoms with Crippen LogP contribution in [0, 0.1) is 10.1 Å². The molecule has 0 aromatic heterocycles. The van der Waals surface area contributed by atoms with Crippen molar-refractivity contribution in [1.29, 1.82) is 0 Å². The van der Waals surface area contributed by atoms with E-state index < -0.39 is 10.8 Å². The molecule has 2 aromatic carbocycles. The number of rotatable bonds is 4. The third-order valence-corrected chi connectivity index (χ3v) is 3.28. The molecular weight excluding hydrogens is 331 g/mol. The Morgan fingerprint density at radius 3 is 2.45 bits per heavy atom. The average Bonchev–Trinajstić information content (AvgIpc) is 2.47. The smallest absolute Gasteiger partial charge is 0.283 e. The van der Waals surface area contributed by atoms with E-state index in [1.165, 1.54) is 25.3 Å². The molecular formula is C14H10Cl2N2O4. The number of benzene rings is 2. The van der Waals surface area contributed by atoms with Crippen LogP contribution in [0.1, 0.15) is 10.4 Å². The predicted molar refractivity (Wildman–Crippen MR) is 84.1 cm³/mol. The molecule has 0 fully saturated rings. The van der Waals surface area contributed by atoms with Gasteiger partial charge in [-0.2, -0.15) is 0 Å². The van der Waals surface area contributed by atoms with Crippen LogP contribution in [0.4, 0.5) is 11.4 Å². The molecule has 6 nitrogen and oxygen atoms in total. The Hall–Kier alpha value is -2.31. The number of amides is 1. The Bertz CT molecular complexity index is 750. The summed E-state index contributed by atoms with van der Waals surface area (Å²) in [6.07, 6.45) is 0. The van der Waals surface area contributed by atoms with Crippen LogP contribution in [-0.2, 0) is 0 Å². The first-order valence-electron chi connectivity index (χ1n) is 6.01. The van der Waals surface area contributed by atoms with Crippen molar-refractivity contribution in [1.82, 2.24) is 0 Å². The van der Waals surface area contributed by atoms with E-state index in [-0.39, 0.29) is 16.3 Å². The van der Waals surface area contributed by atoms with Gasteiger partial charge in [-0.1, -0.05) is 23.2 Å². The maximum absolute atomic E-state index is 12.3. The molecule has 0 heterocycles. The molecule has 0 bridgehead atoms. The summed E-state index contributed by atoms with van der Waals surface area (Å²) in [5, 5.41) is 14.1. The number of carbonyl (C=O) groups is 1. The molecule has 1 amide bonds. The lowest BCUT2D eigenvalue weighted by atomic mass is 10.1. The van der Waals surface area contributed by atoms with E-state index in [1.807, 2.05) is 0 Å². The largest absolute Gasteiger partial charge is 0.495 e. The number of hydrogen-bond donors (Lipinski definition) is 1. The molecule has 0 saturated carbocycles. The highest BCUT2D eigenvalue weighted by atomic mass is 35.5. The number of nitro groups is 1. The first-order valence-corrected chi connectivity index (χ1v) is 6.77. The minimum Gasteiger partial charge on any atom is -0.495 e. The highest BCUT2D eigenvalue weighted by molar-refractivity contribution is 6.31. The third kappa shape index (κ3) is 3.47. The lowest BCUT2D eigenvalue weighted by Gasteiger charge is -2.10. The van der Waals surface area contributed by atoms with E-state index in [9.17, 15) is 14.9 Å². The Labute approximate surface area is 135 Å². The number of carbonyl (C=O) groups excluding carboxylic acids is 1. The van der Waals surface area contributed by atoms with Crippen LogP contribution in [0.15, 0.2) is 36.4 Å². The van der Waals surface area contributed by atoms with Crippen LogP contribution in [0.25, 0.3) is 0 Å². The standard InChI is InChI=1S/C14H10Cl2N2O4/c1-22-13-5-3-8(15)6-11(13)17-14(19)10-4-2-9(16)7-12(10)18(20)21/h2-7H,1H3,(H,17,19). The monoisotopic (exact) mass is 340 g/mol. The van der Waals surface area contributed by atoms with E-state index in [0.717, 1.165) is 6.07 Å². The molecule has 0 aliphatic carbocycles. The van der Waals surface area contributed by atoms with Gasteiger partial charge in [0.1, 0.15) is 11.3 Å². The Kier molecular flexibility index (Phi) is 4.85. The average molecular weight is 341 g/mol. The zero-order valence-electron chi connectivity index (χ0n) is 11.3. The maximum atomic E-state index is 12.3. The van der Waals surface area contributed by atoms with Gasteiger partial charge < -0.3 is 10.1 Å². The Balaban J connectivity index is 2.38. The van der Waals surface area contributed by atoms with Crippen LogP contribution in [0.3, 0.4) is 0 Å². The number of nitro benzene ring substituents is 1. The van der Waals surface area contributed by atoms with Crippen molar-refractivity contribution in [2.75, 3.05) is 12.4 Å². The molecule has 8 heteroatoms. The van der Waals surface area contributed by atoms with Crippen molar-refractivity contribution in [3.63, 3.8) is 0 Å². The second kappa shape index (κ2) is 6.64. The quantitative estimate of drug-likeness (QED) is 0.669. The fraction of sp³-hybridized carbons (Fsp3) is 0.0714. The van der Waals surface area contributed by atoms with Crippen LogP contribution in [0.5, 0.6) is 5.75 Å². The van der Waals surface area contributed by atoms with Crippen molar-refractivity contribution < 1.29 is 14.5 Å². The number of nitrogens with zero attached hydrogens (tertiary/aromatic N) is 1. The first-order chi connectivity index (χ1) is 10.4. The van der Waals surface area contributed by atoms with Gasteiger partial charge in [0.2, 0.25) is 0 Å². The van der Waals surface area contributed by atoms with Crippen molar-refractivity contribution in [2.24, 2.45) is 0 Å². The summed E-state index contributed by atoms with van der Waals surface area (Å²) in [6.45, 7) is 0. The van der Waals surface area contributed by atoms with Crippen LogP contribution in [-0.4, -0.2) is 17.9 Å². The topological polar surface area (TPSA) is 81.5 Å². The number of ether oxygens (including phenoxy) is 1. The fourth-order valence-electron chi connectivity index (χ4n) is 1.82. The van der Waals surface area contributed by atoms with Gasteiger partial charge in [0.15, 0.2) is 0 Å². The molecule has 1 N–H and O–H groups in total. The molecule has 0 aliphatic rings. The van der Waals surface area contributed by atoms with Gasteiger partial charge in [0, 0.05) is 16.1 Å². The van der Waals surface area contributed by atoms with Gasteiger partial charge in [-0.25, -0.2) is 0 Å². The second-order valence-corrected chi connectivity index (χ2v) is 5.09. The minimum atomic E-state index is -0.671. The lowest BCUT2D eigenvalue weighted by Crippen LogP contribution is -2.14. The maximum Gasteiger partial charge on any atom is 0.283 e. The molecule has 0 aliphatic heterocycles. The van der Waals surface area contributed by atoms with Crippen molar-refractivity contribution in [3.05, 3.63) is 62.1 Å². The van der Waals surface area contributed by atoms with Crippen LogP contribution >= 0.6 is 23.2 Å². The first kappa shape index (κ1) is 16.1. The molecule has 114 valence electrons. The number of anilines is 1. The molecule has 0 unspecified atom stereocenters. The Morgan fingerprint density at radius 1 is 1.18 bits per heavy atom. The number of hydrogen-bond acceptors (Lipinski definition) is 4. The van der Waals surface area contributed by atoms with Gasteiger partial charge in [0.25, 0.3) is 11.6 Å². The normalized spacial score (nSPS) is 10.1. The number of methoxy groups -OCH3 is 1. The molecule has 2 rings (SSSR count). The van der Waals surface area contributed by atoms with Gasteiger partial charge in [-0.05, 0) is 30.3 Å². The minimum absolute atomic E-state index is 0.114. The summed E-state index contributed by atoms with van der Waals surface area (Å²) in [6, 6.07) is 8.46. The third-order valence-electron chi connectivity index (χ3n) is 2.81. The molecule has 0 radical (unpaired) electrons. The number of halogens is 2. The molecule has 2 aromatic rings. The van der Waals surface area contributed by atoms with Crippen molar-refractivity contribution in [2.45, 2.75) is 0 Å². The van der Waals surface area contributed by atoms with E-state index in [1.54, 1.807) is 12.1 Å². The van der Waals surface area contributed by atoms with Crippen molar-refractivity contribution in [3.8, 4) is 5.75 Å². The fourth-order valence-corrected chi connectivity index (χ4v) is 2.15. The van der Waals surface area contributed by atoms with Gasteiger partial charge in [0.05, 0.1) is 17.7 Å². The molecule has 0 saturated heterocycles. The molecule has 22 heavy (non-hydrogen) atoms. The SMILES string of the molecule is COc1ccc(Cl)cc1NC(=O)c1ccc(Cl)cc1[N+](=O)[O-].